The van der Waals surface area contributed by atoms with Gasteiger partial charge in [-0.25, -0.2) is 0 Å². The summed E-state index contributed by atoms with van der Waals surface area (Å²) in [5, 5.41) is 20.1. The number of benzene rings is 1. The molecule has 1 aromatic carbocycles. The van der Waals surface area contributed by atoms with Gasteiger partial charge in [-0.3, -0.25) is 10.1 Å². The normalized spacial score (nSPS) is 20.0. The molecule has 1 aliphatic rings. The summed E-state index contributed by atoms with van der Waals surface area (Å²) in [6.45, 7) is 6.48. The zero-order valence-corrected chi connectivity index (χ0v) is 15.5. The average Bonchev–Trinajstić information content (AvgIpc) is 2.66. The van der Waals surface area contributed by atoms with Gasteiger partial charge in [0.2, 0.25) is 0 Å². The molecule has 26 heavy (non-hydrogen) atoms. The number of rotatable bonds is 10. The van der Waals surface area contributed by atoms with Gasteiger partial charge in [-0.05, 0) is 6.07 Å². The van der Waals surface area contributed by atoms with Gasteiger partial charge < -0.3 is 29.1 Å². The van der Waals surface area contributed by atoms with Gasteiger partial charge in [-0.1, -0.05) is 0 Å². The molecule has 0 unspecified atom stereocenters. The molecule has 146 valence electrons. The van der Waals surface area contributed by atoms with Crippen molar-refractivity contribution in [2.75, 3.05) is 66.8 Å². The zero-order chi connectivity index (χ0) is 18.9. The Kier molecular flexibility index (Phi) is 8.05. The molecule has 0 spiro atoms. The number of hydrogen-bond donors (Lipinski definition) is 3. The summed E-state index contributed by atoms with van der Waals surface area (Å²) in [7, 11) is 3.00. The standard InChI is InChI=1S/C17H27N3O6/c1-24-16-11-14(15(20(22)23)12-17(16)25-2)13-19-5-3-18(4-6-19)7-9-26-10-8-21/h11-12,21H,3-10,13H2,1-2H3/p+2. The van der Waals surface area contributed by atoms with Crippen molar-refractivity contribution in [1.82, 2.24) is 0 Å². The molecule has 1 heterocycles. The molecule has 0 bridgehead atoms. The fraction of sp³-hybridized carbons (Fsp3) is 0.647. The SMILES string of the molecule is COc1cc(C[NH+]2CC[NH+](CCOCCO)CC2)c([N+](=O)[O-])cc1OC. The molecule has 0 atom stereocenters. The largest absolute Gasteiger partial charge is 0.493 e. The van der Waals surface area contributed by atoms with E-state index in [1.165, 1.54) is 30.1 Å². The summed E-state index contributed by atoms with van der Waals surface area (Å²) in [4.78, 5) is 13.8. The van der Waals surface area contributed by atoms with Gasteiger partial charge in [0.05, 0.1) is 50.6 Å². The number of piperazine rings is 1. The van der Waals surface area contributed by atoms with Crippen molar-refractivity contribution in [1.29, 1.82) is 0 Å². The van der Waals surface area contributed by atoms with Crippen LogP contribution in [-0.4, -0.2) is 76.8 Å². The van der Waals surface area contributed by atoms with Gasteiger partial charge in [-0.2, -0.15) is 0 Å². The minimum atomic E-state index is -0.364. The maximum Gasteiger partial charge on any atom is 0.282 e. The Hall–Kier alpha value is -1.94. The number of aliphatic hydroxyl groups is 1. The second kappa shape index (κ2) is 10.3. The lowest BCUT2D eigenvalue weighted by molar-refractivity contribution is -1.02. The van der Waals surface area contributed by atoms with Crippen LogP contribution in [0.25, 0.3) is 0 Å². The topological polar surface area (TPSA) is 99.9 Å². The third-order valence-corrected chi connectivity index (χ3v) is 4.72. The molecule has 1 saturated heterocycles. The monoisotopic (exact) mass is 371 g/mol. The Balaban J connectivity index is 1.95. The maximum atomic E-state index is 11.4. The number of nitro benzene ring substituents is 1. The van der Waals surface area contributed by atoms with Gasteiger partial charge in [0.15, 0.2) is 11.5 Å². The molecule has 2 rings (SSSR count). The lowest BCUT2D eigenvalue weighted by atomic mass is 10.1. The van der Waals surface area contributed by atoms with Crippen LogP contribution in [-0.2, 0) is 11.3 Å². The summed E-state index contributed by atoms with van der Waals surface area (Å²) in [6.07, 6.45) is 0. The molecule has 1 aromatic rings. The Morgan fingerprint density at radius 2 is 1.69 bits per heavy atom. The molecule has 0 aromatic heterocycles. The average molecular weight is 371 g/mol. The van der Waals surface area contributed by atoms with Gasteiger partial charge in [0.1, 0.15) is 39.3 Å². The van der Waals surface area contributed by atoms with Crippen molar-refractivity contribution in [3.8, 4) is 11.5 Å². The molecule has 9 heteroatoms. The Morgan fingerprint density at radius 1 is 1.08 bits per heavy atom. The van der Waals surface area contributed by atoms with E-state index in [9.17, 15) is 10.1 Å². The van der Waals surface area contributed by atoms with Crippen LogP contribution in [0.1, 0.15) is 5.56 Å². The van der Waals surface area contributed by atoms with Crippen molar-refractivity contribution in [2.24, 2.45) is 0 Å². The molecular weight excluding hydrogens is 342 g/mol. The first-order valence-corrected chi connectivity index (χ1v) is 8.84. The minimum absolute atomic E-state index is 0.0529. The Morgan fingerprint density at radius 3 is 2.27 bits per heavy atom. The first-order chi connectivity index (χ1) is 12.6. The maximum absolute atomic E-state index is 11.4. The zero-order valence-electron chi connectivity index (χ0n) is 15.5. The lowest BCUT2D eigenvalue weighted by Gasteiger charge is -2.29. The fourth-order valence-electron chi connectivity index (χ4n) is 3.26. The summed E-state index contributed by atoms with van der Waals surface area (Å²) < 4.78 is 15.8. The molecule has 1 aliphatic heterocycles. The fourth-order valence-corrected chi connectivity index (χ4v) is 3.26. The highest BCUT2D eigenvalue weighted by atomic mass is 16.6. The quantitative estimate of drug-likeness (QED) is 0.248. The van der Waals surface area contributed by atoms with Crippen LogP contribution in [0.2, 0.25) is 0 Å². The summed E-state index contributed by atoms with van der Waals surface area (Å²) >= 11 is 0. The van der Waals surface area contributed by atoms with Crippen molar-refractivity contribution >= 4 is 5.69 Å². The van der Waals surface area contributed by atoms with E-state index in [0.29, 0.717) is 36.8 Å². The number of quaternary nitrogens is 2. The van der Waals surface area contributed by atoms with E-state index in [4.69, 9.17) is 19.3 Å². The highest BCUT2D eigenvalue weighted by Crippen LogP contribution is 2.34. The second-order valence-corrected chi connectivity index (χ2v) is 6.36. The third kappa shape index (κ3) is 5.53. The Bertz CT molecular complexity index is 590. The summed E-state index contributed by atoms with van der Waals surface area (Å²) in [5.41, 5.74) is 0.736. The predicted molar refractivity (Wildman–Crippen MR) is 94.1 cm³/mol. The number of nitro groups is 1. The molecule has 3 N–H and O–H groups in total. The van der Waals surface area contributed by atoms with Crippen LogP contribution >= 0.6 is 0 Å². The van der Waals surface area contributed by atoms with E-state index in [1.54, 1.807) is 6.07 Å². The molecule has 9 nitrogen and oxygen atoms in total. The van der Waals surface area contributed by atoms with E-state index in [1.807, 2.05) is 0 Å². The van der Waals surface area contributed by atoms with Crippen LogP contribution in [0.15, 0.2) is 12.1 Å². The first-order valence-electron chi connectivity index (χ1n) is 8.84. The molecule has 0 aliphatic carbocycles. The van der Waals surface area contributed by atoms with Gasteiger partial charge in [-0.15, -0.1) is 0 Å². The molecule has 1 fully saturated rings. The van der Waals surface area contributed by atoms with Crippen molar-refractivity contribution in [2.45, 2.75) is 6.54 Å². The Labute approximate surface area is 153 Å². The first kappa shape index (κ1) is 20.4. The highest BCUT2D eigenvalue weighted by molar-refractivity contribution is 5.54. The van der Waals surface area contributed by atoms with E-state index in [2.05, 4.69) is 0 Å². The molecule has 0 saturated carbocycles. The van der Waals surface area contributed by atoms with E-state index in [0.717, 1.165) is 32.7 Å². The van der Waals surface area contributed by atoms with Gasteiger partial charge in [0.25, 0.3) is 5.69 Å². The van der Waals surface area contributed by atoms with Crippen molar-refractivity contribution < 1.29 is 34.0 Å². The van der Waals surface area contributed by atoms with Crippen molar-refractivity contribution in [3.05, 3.63) is 27.8 Å². The summed E-state index contributed by atoms with van der Waals surface area (Å²) in [5.74, 6) is 0.882. The summed E-state index contributed by atoms with van der Waals surface area (Å²) in [6, 6.07) is 3.15. The van der Waals surface area contributed by atoms with Gasteiger partial charge >= 0.3 is 0 Å². The molecular formula is C17H29N3O6+2. The van der Waals surface area contributed by atoms with Gasteiger partial charge in [0, 0.05) is 0 Å². The van der Waals surface area contributed by atoms with E-state index < -0.39 is 0 Å². The van der Waals surface area contributed by atoms with Crippen molar-refractivity contribution in [3.63, 3.8) is 0 Å². The van der Waals surface area contributed by atoms with Crippen LogP contribution < -0.4 is 19.3 Å². The van der Waals surface area contributed by atoms with E-state index >= 15 is 0 Å². The minimum Gasteiger partial charge on any atom is -0.493 e. The predicted octanol–water partition coefficient (Wildman–Crippen LogP) is -2.10. The second-order valence-electron chi connectivity index (χ2n) is 6.36. The molecule has 0 radical (unpaired) electrons. The van der Waals surface area contributed by atoms with Crippen LogP contribution in [0.5, 0.6) is 11.5 Å². The van der Waals surface area contributed by atoms with Crippen LogP contribution in [0, 0.1) is 10.1 Å². The lowest BCUT2D eigenvalue weighted by Crippen LogP contribution is -3.27. The number of methoxy groups -OCH3 is 2. The third-order valence-electron chi connectivity index (χ3n) is 4.72. The smallest absolute Gasteiger partial charge is 0.282 e. The van der Waals surface area contributed by atoms with Crippen LogP contribution in [0.4, 0.5) is 5.69 Å². The number of hydrogen-bond acceptors (Lipinski definition) is 6. The number of nitrogens with one attached hydrogen (secondary N) is 2. The highest BCUT2D eigenvalue weighted by Gasteiger charge is 2.27. The van der Waals surface area contributed by atoms with E-state index in [-0.39, 0.29) is 17.2 Å². The number of nitrogens with zero attached hydrogens (tertiary/aromatic N) is 1. The number of ether oxygens (including phenoxy) is 3. The molecule has 0 amide bonds. The van der Waals surface area contributed by atoms with Crippen LogP contribution in [0.3, 0.4) is 0 Å². The number of aliphatic hydroxyl groups excluding tert-OH is 1.